The molecule has 5 nitrogen and oxygen atoms in total. The summed E-state index contributed by atoms with van der Waals surface area (Å²) < 4.78 is 12.8. The highest BCUT2D eigenvalue weighted by atomic mass is 16.5. The second-order valence-electron chi connectivity index (χ2n) is 5.11. The molecule has 1 aromatic heterocycles. The van der Waals surface area contributed by atoms with Gasteiger partial charge in [0, 0.05) is 25.1 Å². The first-order valence-corrected chi connectivity index (χ1v) is 7.15. The van der Waals surface area contributed by atoms with Crippen LogP contribution in [-0.4, -0.2) is 23.8 Å². The fraction of sp³-hybridized carbons (Fsp3) is 0.500. The summed E-state index contributed by atoms with van der Waals surface area (Å²) in [5, 5.41) is 9.08. The van der Waals surface area contributed by atoms with Gasteiger partial charge >= 0.3 is 0 Å². The maximum absolute atomic E-state index is 9.08. The summed E-state index contributed by atoms with van der Waals surface area (Å²) in [6, 6.07) is 6.11. The molecule has 0 saturated heterocycles. The van der Waals surface area contributed by atoms with Crippen LogP contribution in [0.5, 0.6) is 11.5 Å². The predicted molar refractivity (Wildman–Crippen MR) is 81.6 cm³/mol. The third-order valence-electron chi connectivity index (χ3n) is 3.48. The van der Waals surface area contributed by atoms with E-state index >= 15 is 0 Å². The van der Waals surface area contributed by atoms with Gasteiger partial charge in [0.2, 0.25) is 0 Å². The minimum atomic E-state index is -0.0638. The number of benzene rings is 1. The zero-order valence-corrected chi connectivity index (χ0v) is 13.0. The molecule has 112 valence electrons. The number of nitrogens with zero attached hydrogens (tertiary/aromatic N) is 3. The van der Waals surface area contributed by atoms with E-state index < -0.39 is 0 Å². The van der Waals surface area contributed by atoms with E-state index in [2.05, 4.69) is 17.6 Å². The number of aromatic nitrogens is 2. The number of imidazole rings is 1. The molecule has 0 aliphatic heterocycles. The third kappa shape index (κ3) is 2.94. The van der Waals surface area contributed by atoms with Gasteiger partial charge in [-0.3, -0.25) is 0 Å². The van der Waals surface area contributed by atoms with E-state index in [4.69, 9.17) is 19.7 Å². The molecule has 1 unspecified atom stereocenters. The Balaban J connectivity index is 2.61. The van der Waals surface area contributed by atoms with E-state index in [1.807, 2.05) is 19.1 Å². The monoisotopic (exact) mass is 287 g/mol. The van der Waals surface area contributed by atoms with Crippen molar-refractivity contribution in [3.05, 3.63) is 18.0 Å². The fourth-order valence-electron chi connectivity index (χ4n) is 2.43. The van der Waals surface area contributed by atoms with Crippen LogP contribution in [0, 0.1) is 17.2 Å². The maximum Gasteiger partial charge on any atom is 0.163 e. The van der Waals surface area contributed by atoms with Crippen molar-refractivity contribution in [2.75, 3.05) is 14.2 Å². The number of hydrogen-bond donors (Lipinski definition) is 0. The van der Waals surface area contributed by atoms with Crippen molar-refractivity contribution in [3.63, 3.8) is 0 Å². The van der Waals surface area contributed by atoms with Crippen molar-refractivity contribution in [2.24, 2.45) is 5.92 Å². The number of rotatable bonds is 6. The summed E-state index contributed by atoms with van der Waals surface area (Å²) in [7, 11) is 3.24. The lowest BCUT2D eigenvalue weighted by Crippen LogP contribution is -2.09. The van der Waals surface area contributed by atoms with E-state index in [9.17, 15) is 0 Å². The van der Waals surface area contributed by atoms with E-state index in [1.165, 1.54) is 0 Å². The summed E-state index contributed by atoms with van der Waals surface area (Å²) in [5.41, 5.74) is 1.86. The average Bonchev–Trinajstić information content (AvgIpc) is 2.82. The molecule has 2 aromatic rings. The van der Waals surface area contributed by atoms with Crippen molar-refractivity contribution in [3.8, 4) is 17.6 Å². The molecule has 0 aliphatic rings. The number of ether oxygens (including phenoxy) is 2. The molecule has 0 amide bonds. The van der Waals surface area contributed by atoms with Gasteiger partial charge in [0.05, 0.1) is 37.2 Å². The smallest absolute Gasteiger partial charge is 0.163 e. The molecule has 0 radical (unpaired) electrons. The van der Waals surface area contributed by atoms with E-state index in [0.29, 0.717) is 18.0 Å². The Bertz CT molecular complexity index is 670. The Morgan fingerprint density at radius 3 is 2.52 bits per heavy atom. The van der Waals surface area contributed by atoms with Gasteiger partial charge in [-0.05, 0) is 13.3 Å². The molecule has 5 heteroatoms. The normalized spacial score (nSPS) is 12.1. The Hall–Kier alpha value is -2.22. The lowest BCUT2D eigenvalue weighted by Gasteiger charge is -2.11. The summed E-state index contributed by atoms with van der Waals surface area (Å²) in [4.78, 5) is 4.69. The molecule has 0 fully saturated rings. The summed E-state index contributed by atoms with van der Waals surface area (Å²) >= 11 is 0. The first-order chi connectivity index (χ1) is 10.1. The molecule has 0 saturated carbocycles. The van der Waals surface area contributed by atoms with Gasteiger partial charge in [-0.2, -0.15) is 5.26 Å². The molecule has 21 heavy (non-hydrogen) atoms. The Labute approximate surface area is 125 Å². The van der Waals surface area contributed by atoms with Gasteiger partial charge in [0.15, 0.2) is 11.5 Å². The van der Waals surface area contributed by atoms with Crippen LogP contribution in [0.3, 0.4) is 0 Å². The van der Waals surface area contributed by atoms with Crippen LogP contribution >= 0.6 is 0 Å². The van der Waals surface area contributed by atoms with Gasteiger partial charge < -0.3 is 14.0 Å². The van der Waals surface area contributed by atoms with Crippen LogP contribution < -0.4 is 9.47 Å². The first kappa shape index (κ1) is 15.2. The molecule has 1 atom stereocenters. The van der Waals surface area contributed by atoms with Crippen molar-refractivity contribution < 1.29 is 9.47 Å². The predicted octanol–water partition coefficient (Wildman–Crippen LogP) is 3.17. The highest BCUT2D eigenvalue weighted by molar-refractivity contribution is 5.80. The molecule has 0 spiro atoms. The van der Waals surface area contributed by atoms with E-state index in [1.54, 1.807) is 14.2 Å². The van der Waals surface area contributed by atoms with Crippen molar-refractivity contribution in [1.29, 1.82) is 5.26 Å². The number of hydrogen-bond acceptors (Lipinski definition) is 4. The average molecular weight is 287 g/mol. The standard InChI is InChI=1S/C16H21N3O2/c1-5-6-16-18-12-7-14(20-3)15(21-4)8-13(12)19(16)10-11(2)9-17/h7-8,11H,5-6,10H2,1-4H3. The second kappa shape index (κ2) is 6.49. The zero-order chi connectivity index (χ0) is 15.4. The Kier molecular flexibility index (Phi) is 4.69. The van der Waals surface area contributed by atoms with Crippen LogP contribution in [-0.2, 0) is 13.0 Å². The first-order valence-electron chi connectivity index (χ1n) is 7.15. The number of fused-ring (bicyclic) bond motifs is 1. The van der Waals surface area contributed by atoms with Gasteiger partial charge in [-0.15, -0.1) is 0 Å². The molecular formula is C16H21N3O2. The second-order valence-corrected chi connectivity index (χ2v) is 5.11. The molecule has 1 heterocycles. The minimum absolute atomic E-state index is 0.0638. The van der Waals surface area contributed by atoms with Gasteiger partial charge in [0.1, 0.15) is 5.82 Å². The van der Waals surface area contributed by atoms with Crippen LogP contribution in [0.4, 0.5) is 0 Å². The third-order valence-corrected chi connectivity index (χ3v) is 3.48. The molecule has 0 N–H and O–H groups in total. The van der Waals surface area contributed by atoms with Gasteiger partial charge in [0.25, 0.3) is 0 Å². The lowest BCUT2D eigenvalue weighted by molar-refractivity contribution is 0.355. The minimum Gasteiger partial charge on any atom is -0.493 e. The Morgan fingerprint density at radius 1 is 1.29 bits per heavy atom. The quantitative estimate of drug-likeness (QED) is 0.818. The van der Waals surface area contributed by atoms with Gasteiger partial charge in [-0.1, -0.05) is 6.92 Å². The number of methoxy groups -OCH3 is 2. The van der Waals surface area contributed by atoms with E-state index in [-0.39, 0.29) is 5.92 Å². The largest absolute Gasteiger partial charge is 0.493 e. The summed E-state index contributed by atoms with van der Waals surface area (Å²) in [6.07, 6.45) is 1.90. The summed E-state index contributed by atoms with van der Waals surface area (Å²) in [5.74, 6) is 2.29. The van der Waals surface area contributed by atoms with Crippen molar-refractivity contribution in [2.45, 2.75) is 33.2 Å². The highest BCUT2D eigenvalue weighted by Crippen LogP contribution is 2.33. The van der Waals surface area contributed by atoms with Gasteiger partial charge in [-0.25, -0.2) is 4.98 Å². The summed E-state index contributed by atoms with van der Waals surface area (Å²) in [6.45, 7) is 4.68. The van der Waals surface area contributed by atoms with Crippen molar-refractivity contribution in [1.82, 2.24) is 9.55 Å². The van der Waals surface area contributed by atoms with Crippen LogP contribution in [0.2, 0.25) is 0 Å². The number of aryl methyl sites for hydroxylation is 1. The van der Waals surface area contributed by atoms with Crippen molar-refractivity contribution >= 4 is 11.0 Å². The fourth-order valence-corrected chi connectivity index (χ4v) is 2.43. The molecule has 2 rings (SSSR count). The lowest BCUT2D eigenvalue weighted by atomic mass is 10.2. The topological polar surface area (TPSA) is 60.1 Å². The molecule has 0 aliphatic carbocycles. The maximum atomic E-state index is 9.08. The SMILES string of the molecule is CCCc1nc2cc(OC)c(OC)cc2n1CC(C)C#N. The van der Waals surface area contributed by atoms with Crippen LogP contribution in [0.15, 0.2) is 12.1 Å². The zero-order valence-electron chi connectivity index (χ0n) is 13.0. The number of nitriles is 1. The Morgan fingerprint density at radius 2 is 1.95 bits per heavy atom. The molecular weight excluding hydrogens is 266 g/mol. The van der Waals surface area contributed by atoms with E-state index in [0.717, 1.165) is 29.7 Å². The van der Waals surface area contributed by atoms with Crippen LogP contribution in [0.1, 0.15) is 26.1 Å². The highest BCUT2D eigenvalue weighted by Gasteiger charge is 2.16. The molecule has 0 bridgehead atoms. The molecule has 1 aromatic carbocycles. The van der Waals surface area contributed by atoms with Crippen LogP contribution in [0.25, 0.3) is 11.0 Å².